The van der Waals surface area contributed by atoms with Crippen LogP contribution in [0.25, 0.3) is 0 Å². The predicted molar refractivity (Wildman–Crippen MR) is 95.7 cm³/mol. The van der Waals surface area contributed by atoms with Crippen molar-refractivity contribution >= 4 is 23.5 Å². The maximum Gasteiger partial charge on any atom is 0.355 e. The van der Waals surface area contributed by atoms with Crippen LogP contribution in [-0.2, 0) is 25.5 Å². The number of rotatable bonds is 4. The first-order valence-electron chi connectivity index (χ1n) is 9.15. The number of ether oxygens (including phenoxy) is 2. The molecule has 1 N–H and O–H groups in total. The topological polar surface area (TPSA) is 81.7 Å². The summed E-state index contributed by atoms with van der Waals surface area (Å²) in [5.74, 6) is -0.414. The van der Waals surface area contributed by atoms with E-state index < -0.39 is 11.6 Å². The van der Waals surface area contributed by atoms with Crippen molar-refractivity contribution in [1.29, 1.82) is 0 Å². The Kier molecular flexibility index (Phi) is 5.03. The third-order valence-electron chi connectivity index (χ3n) is 4.89. The Morgan fingerprint density at radius 1 is 1.35 bits per heavy atom. The fourth-order valence-corrected chi connectivity index (χ4v) is 3.60. The van der Waals surface area contributed by atoms with E-state index in [0.29, 0.717) is 30.9 Å². The molecule has 6 heteroatoms. The van der Waals surface area contributed by atoms with Crippen LogP contribution in [0.4, 0.5) is 5.69 Å². The van der Waals surface area contributed by atoms with Gasteiger partial charge >= 0.3 is 11.9 Å². The van der Waals surface area contributed by atoms with Gasteiger partial charge in [-0.1, -0.05) is 13.8 Å². The number of carbonyl (C=O) groups is 3. The Bertz CT molecular complexity index is 742. The molecule has 1 aromatic rings. The number of esters is 2. The maximum absolute atomic E-state index is 12.6. The van der Waals surface area contributed by atoms with Gasteiger partial charge < -0.3 is 14.8 Å². The zero-order valence-electron chi connectivity index (χ0n) is 15.5. The molecule has 1 fully saturated rings. The molecule has 0 saturated carbocycles. The molecule has 0 aliphatic carbocycles. The van der Waals surface area contributed by atoms with E-state index in [4.69, 9.17) is 9.47 Å². The van der Waals surface area contributed by atoms with Crippen LogP contribution in [0.15, 0.2) is 18.2 Å². The second kappa shape index (κ2) is 7.09. The van der Waals surface area contributed by atoms with Crippen LogP contribution in [0.1, 0.15) is 52.0 Å². The summed E-state index contributed by atoms with van der Waals surface area (Å²) in [6.45, 7) is 5.68. The summed E-state index contributed by atoms with van der Waals surface area (Å²) >= 11 is 0. The number of hydrogen-bond donors (Lipinski definition) is 1. The van der Waals surface area contributed by atoms with Crippen LogP contribution >= 0.6 is 0 Å². The highest BCUT2D eigenvalue weighted by Gasteiger charge is 2.50. The van der Waals surface area contributed by atoms with E-state index in [2.05, 4.69) is 5.32 Å². The molecule has 2 atom stereocenters. The Balaban J connectivity index is 1.71. The lowest BCUT2D eigenvalue weighted by atomic mass is 9.89. The fourth-order valence-electron chi connectivity index (χ4n) is 3.60. The Labute approximate surface area is 153 Å². The lowest BCUT2D eigenvalue weighted by Gasteiger charge is -2.20. The minimum Gasteiger partial charge on any atom is -0.447 e. The molecule has 1 aromatic carbocycles. The van der Waals surface area contributed by atoms with Crippen LogP contribution in [0, 0.1) is 11.8 Å². The number of amides is 1. The van der Waals surface area contributed by atoms with Gasteiger partial charge in [-0.25, -0.2) is 4.79 Å². The van der Waals surface area contributed by atoms with Crippen molar-refractivity contribution in [3.63, 3.8) is 0 Å². The average molecular weight is 359 g/mol. The number of aryl methyl sites for hydroxylation is 1. The first-order valence-corrected chi connectivity index (χ1v) is 9.15. The van der Waals surface area contributed by atoms with Gasteiger partial charge in [0.05, 0.1) is 5.92 Å². The Hall–Kier alpha value is -2.37. The number of carbonyl (C=O) groups excluding carboxylic acids is 3. The van der Waals surface area contributed by atoms with E-state index >= 15 is 0 Å². The van der Waals surface area contributed by atoms with Gasteiger partial charge in [0.1, 0.15) is 5.75 Å². The predicted octanol–water partition coefficient (Wildman–Crippen LogP) is 3.23. The summed E-state index contributed by atoms with van der Waals surface area (Å²) in [7, 11) is 0. The van der Waals surface area contributed by atoms with Crippen molar-refractivity contribution in [3.8, 4) is 5.75 Å². The monoisotopic (exact) mass is 359 g/mol. The van der Waals surface area contributed by atoms with Crippen molar-refractivity contribution in [2.45, 2.75) is 58.5 Å². The van der Waals surface area contributed by atoms with Crippen molar-refractivity contribution in [1.82, 2.24) is 0 Å². The first-order chi connectivity index (χ1) is 12.3. The summed E-state index contributed by atoms with van der Waals surface area (Å²) in [5, 5.41) is 2.85. The highest BCUT2D eigenvalue weighted by atomic mass is 16.6. The fraction of sp³-hybridized carbons (Fsp3) is 0.550. The molecule has 0 bridgehead atoms. The lowest BCUT2D eigenvalue weighted by Crippen LogP contribution is -2.38. The van der Waals surface area contributed by atoms with E-state index in [1.54, 1.807) is 25.1 Å². The van der Waals surface area contributed by atoms with Crippen LogP contribution in [-0.4, -0.2) is 23.4 Å². The smallest absolute Gasteiger partial charge is 0.355 e. The minimum atomic E-state index is -1.25. The van der Waals surface area contributed by atoms with Gasteiger partial charge in [0.25, 0.3) is 0 Å². The van der Waals surface area contributed by atoms with E-state index in [9.17, 15) is 14.4 Å². The standard InChI is InChI=1S/C20H25NO5/c1-12(2)9-14-11-20(3,26-18(14)23)19(24)25-15-7-8-16-13(10-15)5-4-6-17(22)21-16/h7-8,10,12,14H,4-6,9,11H2,1-3H3,(H,21,22). The summed E-state index contributed by atoms with van der Waals surface area (Å²) in [6.07, 6.45) is 3.00. The summed E-state index contributed by atoms with van der Waals surface area (Å²) in [6, 6.07) is 5.16. The zero-order chi connectivity index (χ0) is 18.9. The first kappa shape index (κ1) is 18.4. The van der Waals surface area contributed by atoms with Gasteiger partial charge in [-0.05, 0) is 55.9 Å². The molecule has 2 unspecified atom stereocenters. The van der Waals surface area contributed by atoms with Gasteiger partial charge in [0.2, 0.25) is 11.5 Å². The highest BCUT2D eigenvalue weighted by Crippen LogP contribution is 2.36. The second-order valence-electron chi connectivity index (χ2n) is 7.79. The van der Waals surface area contributed by atoms with E-state index in [1.165, 1.54) is 0 Å². The number of fused-ring (bicyclic) bond motifs is 1. The van der Waals surface area contributed by atoms with Crippen LogP contribution in [0.3, 0.4) is 0 Å². The van der Waals surface area contributed by atoms with Gasteiger partial charge in [-0.3, -0.25) is 9.59 Å². The van der Waals surface area contributed by atoms with Crippen molar-refractivity contribution in [2.75, 3.05) is 5.32 Å². The molecule has 3 rings (SSSR count). The molecule has 2 aliphatic rings. The Morgan fingerprint density at radius 2 is 2.12 bits per heavy atom. The Morgan fingerprint density at radius 3 is 2.85 bits per heavy atom. The molecule has 0 radical (unpaired) electrons. The molecule has 1 amide bonds. The molecule has 2 aliphatic heterocycles. The van der Waals surface area contributed by atoms with Gasteiger partial charge in [0, 0.05) is 18.5 Å². The number of cyclic esters (lactones) is 1. The SMILES string of the molecule is CC(C)CC1CC(C)(C(=O)Oc2ccc3c(c2)CCCC(=O)N3)OC1=O. The zero-order valence-corrected chi connectivity index (χ0v) is 15.5. The van der Waals surface area contributed by atoms with Crippen molar-refractivity contribution < 1.29 is 23.9 Å². The molecular formula is C20H25NO5. The van der Waals surface area contributed by atoms with Crippen LogP contribution < -0.4 is 10.1 Å². The number of hydrogen-bond acceptors (Lipinski definition) is 5. The molecule has 26 heavy (non-hydrogen) atoms. The summed E-state index contributed by atoms with van der Waals surface area (Å²) < 4.78 is 10.9. The normalized spacial score (nSPS) is 25.3. The van der Waals surface area contributed by atoms with Crippen molar-refractivity contribution in [2.24, 2.45) is 11.8 Å². The third kappa shape index (κ3) is 3.89. The molecule has 6 nitrogen and oxygen atoms in total. The van der Waals surface area contributed by atoms with Gasteiger partial charge in [-0.15, -0.1) is 0 Å². The summed E-state index contributed by atoms with van der Waals surface area (Å²) in [5.41, 5.74) is 0.438. The lowest BCUT2D eigenvalue weighted by molar-refractivity contribution is -0.166. The maximum atomic E-state index is 12.6. The summed E-state index contributed by atoms with van der Waals surface area (Å²) in [4.78, 5) is 36.3. The second-order valence-corrected chi connectivity index (χ2v) is 7.79. The molecule has 1 saturated heterocycles. The van der Waals surface area contributed by atoms with Gasteiger partial charge in [-0.2, -0.15) is 0 Å². The molecule has 0 spiro atoms. The third-order valence-corrected chi connectivity index (χ3v) is 4.89. The van der Waals surface area contributed by atoms with Crippen LogP contribution in [0.2, 0.25) is 0 Å². The number of benzene rings is 1. The van der Waals surface area contributed by atoms with E-state index in [0.717, 1.165) is 24.1 Å². The molecule has 0 aromatic heterocycles. The van der Waals surface area contributed by atoms with E-state index in [-0.39, 0.29) is 17.8 Å². The molecular weight excluding hydrogens is 334 g/mol. The largest absolute Gasteiger partial charge is 0.447 e. The van der Waals surface area contributed by atoms with E-state index in [1.807, 2.05) is 13.8 Å². The minimum absolute atomic E-state index is 0.00457. The number of nitrogens with one attached hydrogen (secondary N) is 1. The highest BCUT2D eigenvalue weighted by molar-refractivity contribution is 5.92. The van der Waals surface area contributed by atoms with Crippen molar-refractivity contribution in [3.05, 3.63) is 23.8 Å². The molecule has 2 heterocycles. The quantitative estimate of drug-likeness (QED) is 0.659. The van der Waals surface area contributed by atoms with Crippen LogP contribution in [0.5, 0.6) is 5.75 Å². The van der Waals surface area contributed by atoms with Gasteiger partial charge in [0.15, 0.2) is 0 Å². The number of anilines is 1. The molecule has 140 valence electrons. The average Bonchev–Trinajstić information content (AvgIpc) is 2.73.